The molecule has 0 aromatic carbocycles. The van der Waals surface area contributed by atoms with E-state index < -0.39 is 0 Å². The zero-order chi connectivity index (χ0) is 10.8. The Balaban J connectivity index is 2.54. The van der Waals surface area contributed by atoms with Gasteiger partial charge in [0.1, 0.15) is 0 Å². The standard InChI is InChI=1S/C13H14N2/c1-9-4-5-13(15-6-9)12-8-14-7-10(2)11(12)3/h4-8H,1-3H3. The van der Waals surface area contributed by atoms with Crippen molar-refractivity contribution in [1.29, 1.82) is 0 Å². The molecule has 2 nitrogen and oxygen atoms in total. The van der Waals surface area contributed by atoms with Gasteiger partial charge in [-0.3, -0.25) is 9.97 Å². The number of hydrogen-bond acceptors (Lipinski definition) is 2. The molecular weight excluding hydrogens is 184 g/mol. The summed E-state index contributed by atoms with van der Waals surface area (Å²) in [7, 11) is 0. The predicted molar refractivity (Wildman–Crippen MR) is 61.7 cm³/mol. The molecule has 0 aliphatic carbocycles. The zero-order valence-electron chi connectivity index (χ0n) is 9.28. The number of hydrogen-bond donors (Lipinski definition) is 0. The van der Waals surface area contributed by atoms with Gasteiger partial charge >= 0.3 is 0 Å². The minimum Gasteiger partial charge on any atom is -0.264 e. The Morgan fingerprint density at radius 1 is 0.933 bits per heavy atom. The van der Waals surface area contributed by atoms with Crippen molar-refractivity contribution < 1.29 is 0 Å². The van der Waals surface area contributed by atoms with Crippen LogP contribution in [0.5, 0.6) is 0 Å². The third-order valence-electron chi connectivity index (χ3n) is 2.65. The smallest absolute Gasteiger partial charge is 0.0720 e. The summed E-state index contributed by atoms with van der Waals surface area (Å²) >= 11 is 0. The molecule has 0 fully saturated rings. The molecule has 2 aromatic rings. The van der Waals surface area contributed by atoms with E-state index in [-0.39, 0.29) is 0 Å². The van der Waals surface area contributed by atoms with E-state index in [1.165, 1.54) is 16.7 Å². The van der Waals surface area contributed by atoms with E-state index >= 15 is 0 Å². The summed E-state index contributed by atoms with van der Waals surface area (Å²) in [5, 5.41) is 0. The number of aromatic nitrogens is 2. The molecule has 0 unspecified atom stereocenters. The van der Waals surface area contributed by atoms with Crippen molar-refractivity contribution in [3.05, 3.63) is 47.4 Å². The number of aryl methyl sites for hydroxylation is 2. The highest BCUT2D eigenvalue weighted by molar-refractivity contribution is 5.63. The second-order valence-electron chi connectivity index (χ2n) is 3.85. The van der Waals surface area contributed by atoms with Gasteiger partial charge in [-0.05, 0) is 43.5 Å². The van der Waals surface area contributed by atoms with Gasteiger partial charge in [-0.1, -0.05) is 6.07 Å². The first-order chi connectivity index (χ1) is 7.18. The molecule has 0 aliphatic rings. The summed E-state index contributed by atoms with van der Waals surface area (Å²) < 4.78 is 0. The Morgan fingerprint density at radius 2 is 1.73 bits per heavy atom. The number of pyridine rings is 2. The van der Waals surface area contributed by atoms with Crippen LogP contribution < -0.4 is 0 Å². The summed E-state index contributed by atoms with van der Waals surface area (Å²) in [6.07, 6.45) is 5.64. The third kappa shape index (κ3) is 1.89. The van der Waals surface area contributed by atoms with Gasteiger partial charge in [0.05, 0.1) is 5.69 Å². The van der Waals surface area contributed by atoms with E-state index in [1.54, 1.807) is 0 Å². The molecular formula is C13H14N2. The van der Waals surface area contributed by atoms with Crippen molar-refractivity contribution in [2.45, 2.75) is 20.8 Å². The van der Waals surface area contributed by atoms with Crippen LogP contribution in [-0.2, 0) is 0 Å². The molecule has 0 saturated carbocycles. The first kappa shape index (κ1) is 9.84. The molecule has 0 aliphatic heterocycles. The highest BCUT2D eigenvalue weighted by Crippen LogP contribution is 2.22. The topological polar surface area (TPSA) is 25.8 Å². The van der Waals surface area contributed by atoms with Crippen molar-refractivity contribution >= 4 is 0 Å². The first-order valence-corrected chi connectivity index (χ1v) is 5.02. The van der Waals surface area contributed by atoms with Crippen molar-refractivity contribution in [2.75, 3.05) is 0 Å². The van der Waals surface area contributed by atoms with Crippen LogP contribution in [0.4, 0.5) is 0 Å². The highest BCUT2D eigenvalue weighted by atomic mass is 14.7. The zero-order valence-corrected chi connectivity index (χ0v) is 9.28. The lowest BCUT2D eigenvalue weighted by Gasteiger charge is -2.06. The van der Waals surface area contributed by atoms with Gasteiger partial charge in [0, 0.05) is 24.2 Å². The first-order valence-electron chi connectivity index (χ1n) is 5.02. The van der Waals surface area contributed by atoms with Crippen LogP contribution in [-0.4, -0.2) is 9.97 Å². The molecule has 0 amide bonds. The molecule has 2 aromatic heterocycles. The van der Waals surface area contributed by atoms with Gasteiger partial charge in [-0.2, -0.15) is 0 Å². The van der Waals surface area contributed by atoms with Crippen molar-refractivity contribution in [3.63, 3.8) is 0 Å². The Kier molecular flexibility index (Phi) is 2.50. The Morgan fingerprint density at radius 3 is 2.40 bits per heavy atom. The van der Waals surface area contributed by atoms with Crippen LogP contribution in [0.2, 0.25) is 0 Å². The van der Waals surface area contributed by atoms with E-state index in [0.29, 0.717) is 0 Å². The summed E-state index contributed by atoms with van der Waals surface area (Å²) in [6.45, 7) is 6.21. The lowest BCUT2D eigenvalue weighted by Crippen LogP contribution is -1.91. The van der Waals surface area contributed by atoms with Crippen molar-refractivity contribution in [2.24, 2.45) is 0 Å². The van der Waals surface area contributed by atoms with Crippen LogP contribution in [0.1, 0.15) is 16.7 Å². The molecule has 0 saturated heterocycles. The van der Waals surface area contributed by atoms with Crippen molar-refractivity contribution in [1.82, 2.24) is 9.97 Å². The van der Waals surface area contributed by atoms with Gasteiger partial charge in [0.2, 0.25) is 0 Å². The monoisotopic (exact) mass is 198 g/mol. The van der Waals surface area contributed by atoms with Crippen LogP contribution >= 0.6 is 0 Å². The molecule has 15 heavy (non-hydrogen) atoms. The molecule has 0 atom stereocenters. The highest BCUT2D eigenvalue weighted by Gasteiger charge is 2.04. The molecule has 0 N–H and O–H groups in total. The number of nitrogens with zero attached hydrogens (tertiary/aromatic N) is 2. The van der Waals surface area contributed by atoms with E-state index in [0.717, 1.165) is 11.3 Å². The fourth-order valence-electron chi connectivity index (χ4n) is 1.52. The van der Waals surface area contributed by atoms with Crippen LogP contribution in [0, 0.1) is 20.8 Å². The summed E-state index contributed by atoms with van der Waals surface area (Å²) in [5.41, 5.74) is 5.75. The molecule has 2 heterocycles. The normalized spacial score (nSPS) is 10.3. The molecule has 2 heteroatoms. The minimum atomic E-state index is 0.995. The molecule has 0 spiro atoms. The maximum atomic E-state index is 4.41. The van der Waals surface area contributed by atoms with Gasteiger partial charge in [-0.25, -0.2) is 0 Å². The number of rotatable bonds is 1. The third-order valence-corrected chi connectivity index (χ3v) is 2.65. The van der Waals surface area contributed by atoms with E-state index in [2.05, 4.69) is 29.9 Å². The Hall–Kier alpha value is -1.70. The SMILES string of the molecule is Cc1ccc(-c2cncc(C)c2C)nc1. The molecule has 76 valence electrons. The van der Waals surface area contributed by atoms with Crippen LogP contribution in [0.25, 0.3) is 11.3 Å². The lowest BCUT2D eigenvalue weighted by molar-refractivity contribution is 1.19. The summed E-state index contributed by atoms with van der Waals surface area (Å²) in [5.74, 6) is 0. The summed E-state index contributed by atoms with van der Waals surface area (Å²) in [6, 6.07) is 4.11. The van der Waals surface area contributed by atoms with Gasteiger partial charge in [0.25, 0.3) is 0 Å². The van der Waals surface area contributed by atoms with Gasteiger partial charge in [-0.15, -0.1) is 0 Å². The van der Waals surface area contributed by atoms with E-state index in [4.69, 9.17) is 0 Å². The average Bonchev–Trinajstić information content (AvgIpc) is 2.24. The second kappa shape index (κ2) is 3.81. The maximum Gasteiger partial charge on any atom is 0.0720 e. The van der Waals surface area contributed by atoms with E-state index in [9.17, 15) is 0 Å². The van der Waals surface area contributed by atoms with Gasteiger partial charge < -0.3 is 0 Å². The summed E-state index contributed by atoms with van der Waals surface area (Å²) in [4.78, 5) is 8.61. The molecule has 2 rings (SSSR count). The Bertz CT molecular complexity index is 472. The molecule has 0 bridgehead atoms. The Labute approximate surface area is 90.0 Å². The van der Waals surface area contributed by atoms with Crippen LogP contribution in [0.3, 0.4) is 0 Å². The largest absolute Gasteiger partial charge is 0.264 e. The maximum absolute atomic E-state index is 4.41. The average molecular weight is 198 g/mol. The second-order valence-corrected chi connectivity index (χ2v) is 3.85. The lowest BCUT2D eigenvalue weighted by atomic mass is 10.0. The van der Waals surface area contributed by atoms with Crippen LogP contribution in [0.15, 0.2) is 30.7 Å². The van der Waals surface area contributed by atoms with E-state index in [1.807, 2.05) is 31.6 Å². The van der Waals surface area contributed by atoms with Crippen molar-refractivity contribution in [3.8, 4) is 11.3 Å². The fourth-order valence-corrected chi connectivity index (χ4v) is 1.52. The molecule has 0 radical (unpaired) electrons. The predicted octanol–water partition coefficient (Wildman–Crippen LogP) is 3.07. The quantitative estimate of drug-likeness (QED) is 0.703. The fraction of sp³-hybridized carbons (Fsp3) is 0.231. The van der Waals surface area contributed by atoms with Gasteiger partial charge in [0.15, 0.2) is 0 Å². The minimum absolute atomic E-state index is 0.995.